The van der Waals surface area contributed by atoms with Crippen LogP contribution < -0.4 is 10.6 Å². The zero-order valence-corrected chi connectivity index (χ0v) is 19.6. The van der Waals surface area contributed by atoms with Gasteiger partial charge in [0.25, 0.3) is 0 Å². The van der Waals surface area contributed by atoms with Crippen LogP contribution in [0, 0.1) is 10.8 Å². The van der Waals surface area contributed by atoms with E-state index in [9.17, 15) is 9.59 Å². The van der Waals surface area contributed by atoms with E-state index in [-0.39, 0.29) is 10.8 Å². The molecule has 0 aliphatic heterocycles. The number of nitrogens with one attached hydrogen (secondary N) is 2. The molecular weight excluding hydrogens is 380 g/mol. The molecule has 2 amide bonds. The van der Waals surface area contributed by atoms with Crippen LogP contribution in [-0.4, -0.2) is 25.4 Å². The van der Waals surface area contributed by atoms with Gasteiger partial charge >= 0.3 is 12.2 Å². The molecule has 0 aromatic heterocycles. The van der Waals surface area contributed by atoms with Crippen LogP contribution in [0.25, 0.3) is 0 Å². The molecule has 6 heteroatoms. The Labute approximate surface area is 182 Å². The molecule has 6 nitrogen and oxygen atoms in total. The lowest BCUT2D eigenvalue weighted by Crippen LogP contribution is -2.25. The summed E-state index contributed by atoms with van der Waals surface area (Å²) in [7, 11) is 0. The van der Waals surface area contributed by atoms with E-state index in [1.807, 2.05) is 24.3 Å². The van der Waals surface area contributed by atoms with Crippen molar-refractivity contribution >= 4 is 12.2 Å². The minimum atomic E-state index is -0.411. The van der Waals surface area contributed by atoms with Gasteiger partial charge in [-0.1, -0.05) is 65.8 Å². The Kier molecular flexibility index (Phi) is 10.7. The molecule has 0 bridgehead atoms. The largest absolute Gasteiger partial charge is 0.450 e. The van der Waals surface area contributed by atoms with Crippen LogP contribution in [0.3, 0.4) is 0 Å². The Bertz CT molecular complexity index is 607. The quantitative estimate of drug-likeness (QED) is 0.470. The average molecular weight is 421 g/mol. The van der Waals surface area contributed by atoms with Crippen LogP contribution in [0.1, 0.15) is 78.4 Å². The topological polar surface area (TPSA) is 76.7 Å². The second-order valence-corrected chi connectivity index (χ2v) is 10.1. The Balaban J connectivity index is 2.27. The molecular formula is C24H40N2O4. The van der Waals surface area contributed by atoms with Gasteiger partial charge in [-0.3, -0.25) is 0 Å². The molecule has 1 aromatic rings. The maximum absolute atomic E-state index is 11.8. The molecule has 0 aliphatic carbocycles. The Hall–Kier alpha value is -2.24. The van der Waals surface area contributed by atoms with E-state index >= 15 is 0 Å². The van der Waals surface area contributed by atoms with Crippen LogP contribution in [0.15, 0.2) is 24.3 Å². The smallest absolute Gasteiger partial charge is 0.407 e. The maximum Gasteiger partial charge on any atom is 0.407 e. The van der Waals surface area contributed by atoms with Gasteiger partial charge in [0.2, 0.25) is 0 Å². The van der Waals surface area contributed by atoms with Gasteiger partial charge in [-0.15, -0.1) is 0 Å². The lowest BCUT2D eigenvalue weighted by molar-refractivity contribution is 0.138. The molecule has 0 aliphatic rings. The van der Waals surface area contributed by atoms with Crippen LogP contribution >= 0.6 is 0 Å². The van der Waals surface area contributed by atoms with E-state index in [0.717, 1.165) is 36.8 Å². The Morgan fingerprint density at radius 1 is 0.767 bits per heavy atom. The van der Waals surface area contributed by atoms with Gasteiger partial charge in [-0.25, -0.2) is 9.59 Å². The minimum absolute atomic E-state index is 0.243. The molecule has 2 N–H and O–H groups in total. The van der Waals surface area contributed by atoms with E-state index in [2.05, 4.69) is 52.2 Å². The fourth-order valence-corrected chi connectivity index (χ4v) is 2.83. The predicted molar refractivity (Wildman–Crippen MR) is 120 cm³/mol. The SMILES string of the molecule is CC(C)(C)CCCOC(=O)NCc1cccc(CNC(=O)OCCCC(C)(C)C)c1. The first kappa shape index (κ1) is 25.8. The summed E-state index contributed by atoms with van der Waals surface area (Å²) in [6, 6.07) is 7.69. The molecule has 1 aromatic carbocycles. The highest BCUT2D eigenvalue weighted by molar-refractivity contribution is 5.67. The van der Waals surface area contributed by atoms with E-state index in [1.165, 1.54) is 0 Å². The third-order valence-corrected chi connectivity index (χ3v) is 4.47. The highest BCUT2D eigenvalue weighted by atomic mass is 16.6. The van der Waals surface area contributed by atoms with E-state index in [4.69, 9.17) is 9.47 Å². The standard InChI is InChI=1S/C24H40N2O4/c1-23(2,3)12-8-14-29-21(27)25-17-19-10-7-11-20(16-19)18-26-22(28)30-15-9-13-24(4,5)6/h7,10-11,16H,8-9,12-15,17-18H2,1-6H3,(H,25,27)(H,26,28). The number of hydrogen-bond donors (Lipinski definition) is 2. The molecule has 0 heterocycles. The molecule has 0 saturated carbocycles. The molecule has 0 radical (unpaired) electrons. The first-order chi connectivity index (χ1) is 13.9. The van der Waals surface area contributed by atoms with Gasteiger partial charge < -0.3 is 20.1 Å². The van der Waals surface area contributed by atoms with Crippen molar-refractivity contribution in [3.05, 3.63) is 35.4 Å². The molecule has 1 rings (SSSR count). The highest BCUT2D eigenvalue weighted by Crippen LogP contribution is 2.20. The summed E-state index contributed by atoms with van der Waals surface area (Å²) < 4.78 is 10.4. The summed E-state index contributed by atoms with van der Waals surface area (Å²) in [5.41, 5.74) is 2.37. The van der Waals surface area contributed by atoms with Gasteiger partial charge in [-0.05, 0) is 47.6 Å². The molecule has 170 valence electrons. The molecule has 0 spiro atoms. The number of ether oxygens (including phenoxy) is 2. The Morgan fingerprint density at radius 2 is 1.17 bits per heavy atom. The first-order valence-corrected chi connectivity index (χ1v) is 10.8. The van der Waals surface area contributed by atoms with Crippen molar-refractivity contribution in [1.82, 2.24) is 10.6 Å². The lowest BCUT2D eigenvalue weighted by atomic mass is 9.91. The summed E-state index contributed by atoms with van der Waals surface area (Å²) in [5, 5.41) is 5.52. The molecule has 0 atom stereocenters. The minimum Gasteiger partial charge on any atom is -0.450 e. The molecule has 0 saturated heterocycles. The van der Waals surface area contributed by atoms with Gasteiger partial charge in [0.15, 0.2) is 0 Å². The predicted octanol–water partition coefficient (Wildman–Crippen LogP) is 5.79. The van der Waals surface area contributed by atoms with E-state index in [1.54, 1.807) is 0 Å². The summed E-state index contributed by atoms with van der Waals surface area (Å²) in [4.78, 5) is 23.6. The second-order valence-electron chi connectivity index (χ2n) is 10.1. The normalized spacial score (nSPS) is 11.7. The van der Waals surface area contributed by atoms with E-state index in [0.29, 0.717) is 26.3 Å². The van der Waals surface area contributed by atoms with Crippen molar-refractivity contribution in [2.24, 2.45) is 10.8 Å². The fraction of sp³-hybridized carbons (Fsp3) is 0.667. The molecule has 0 fully saturated rings. The second kappa shape index (κ2) is 12.5. The fourth-order valence-electron chi connectivity index (χ4n) is 2.83. The van der Waals surface area contributed by atoms with Crippen LogP contribution in [-0.2, 0) is 22.6 Å². The number of alkyl carbamates (subject to hydrolysis) is 2. The lowest BCUT2D eigenvalue weighted by Gasteiger charge is -2.17. The van der Waals surface area contributed by atoms with Gasteiger partial charge in [-0.2, -0.15) is 0 Å². The number of hydrogen-bond acceptors (Lipinski definition) is 4. The van der Waals surface area contributed by atoms with Crippen molar-refractivity contribution in [2.45, 2.75) is 80.3 Å². The number of amides is 2. The summed E-state index contributed by atoms with van der Waals surface area (Å²) in [6.07, 6.45) is 2.90. The van der Waals surface area contributed by atoms with Gasteiger partial charge in [0.05, 0.1) is 13.2 Å². The average Bonchev–Trinajstić information content (AvgIpc) is 2.64. The van der Waals surface area contributed by atoms with E-state index < -0.39 is 12.2 Å². The summed E-state index contributed by atoms with van der Waals surface area (Å²) >= 11 is 0. The zero-order valence-electron chi connectivity index (χ0n) is 19.6. The maximum atomic E-state index is 11.8. The van der Waals surface area contributed by atoms with Crippen molar-refractivity contribution in [1.29, 1.82) is 0 Å². The monoisotopic (exact) mass is 420 g/mol. The third-order valence-electron chi connectivity index (χ3n) is 4.47. The van der Waals surface area contributed by atoms with Crippen molar-refractivity contribution in [2.75, 3.05) is 13.2 Å². The molecule has 30 heavy (non-hydrogen) atoms. The van der Waals surface area contributed by atoms with Crippen LogP contribution in [0.4, 0.5) is 9.59 Å². The van der Waals surface area contributed by atoms with Crippen LogP contribution in [0.5, 0.6) is 0 Å². The number of rotatable bonds is 10. The number of benzene rings is 1. The molecule has 0 unspecified atom stereocenters. The van der Waals surface area contributed by atoms with Crippen molar-refractivity contribution < 1.29 is 19.1 Å². The summed E-state index contributed by atoms with van der Waals surface area (Å²) in [5.74, 6) is 0. The summed E-state index contributed by atoms with van der Waals surface area (Å²) in [6.45, 7) is 14.6. The first-order valence-electron chi connectivity index (χ1n) is 10.8. The Morgan fingerprint density at radius 3 is 1.53 bits per heavy atom. The van der Waals surface area contributed by atoms with Gasteiger partial charge in [0.1, 0.15) is 0 Å². The van der Waals surface area contributed by atoms with Crippen molar-refractivity contribution in [3.8, 4) is 0 Å². The number of carbonyl (C=O) groups excluding carboxylic acids is 2. The zero-order chi connectivity index (χ0) is 22.6. The third kappa shape index (κ3) is 13.9. The van der Waals surface area contributed by atoms with Gasteiger partial charge in [0, 0.05) is 13.1 Å². The number of carbonyl (C=O) groups is 2. The van der Waals surface area contributed by atoms with Crippen molar-refractivity contribution in [3.63, 3.8) is 0 Å². The highest BCUT2D eigenvalue weighted by Gasteiger charge is 2.11. The van der Waals surface area contributed by atoms with Crippen LogP contribution in [0.2, 0.25) is 0 Å².